The minimum absolute atomic E-state index is 0.147. The zero-order valence-electron chi connectivity index (χ0n) is 18.4. The van der Waals surface area contributed by atoms with Crippen LogP contribution in [-0.2, 0) is 0 Å². The number of carbonyl (C=O) groups is 1. The molecule has 1 aliphatic rings. The molecule has 0 aliphatic carbocycles. The minimum Gasteiger partial charge on any atom is -0.457 e. The number of rotatable bonds is 7. The van der Waals surface area contributed by atoms with Crippen LogP contribution in [0.15, 0.2) is 66.7 Å². The number of piperidine rings is 1. The Hall–Kier alpha value is -3.25. The van der Waals surface area contributed by atoms with Crippen LogP contribution in [0.1, 0.15) is 29.8 Å². The predicted octanol–water partition coefficient (Wildman–Crippen LogP) is 5.04. The van der Waals surface area contributed by atoms with E-state index in [1.165, 1.54) is 44.5 Å². The van der Waals surface area contributed by atoms with E-state index < -0.39 is 0 Å². The maximum atomic E-state index is 13.0. The van der Waals surface area contributed by atoms with Crippen molar-refractivity contribution < 1.29 is 18.4 Å². The van der Waals surface area contributed by atoms with Crippen LogP contribution in [0.25, 0.3) is 11.3 Å². The molecule has 166 valence electrons. The predicted molar refractivity (Wildman–Crippen MR) is 123 cm³/mol. The summed E-state index contributed by atoms with van der Waals surface area (Å²) >= 11 is 0. The number of amides is 1. The largest absolute Gasteiger partial charge is 0.457 e. The summed E-state index contributed by atoms with van der Waals surface area (Å²) in [5, 5.41) is 3.03. The maximum absolute atomic E-state index is 13.0. The first-order chi connectivity index (χ1) is 15.5. The van der Waals surface area contributed by atoms with Gasteiger partial charge in [0.25, 0.3) is 5.91 Å². The molecule has 0 saturated carbocycles. The maximum Gasteiger partial charge on any atom is 0.270 e. The highest BCUT2D eigenvalue weighted by Crippen LogP contribution is 2.25. The number of likely N-dealkylation sites (N-methyl/N-ethyl adjacent to an activating group) is 1. The van der Waals surface area contributed by atoms with E-state index in [2.05, 4.69) is 17.3 Å². The van der Waals surface area contributed by atoms with Crippen LogP contribution in [-0.4, -0.2) is 48.6 Å². The van der Waals surface area contributed by atoms with Crippen molar-refractivity contribution in [2.75, 3.05) is 33.2 Å². The van der Waals surface area contributed by atoms with Gasteiger partial charge in [-0.15, -0.1) is 0 Å². The number of likely N-dealkylation sites (tertiary alicyclic amines) is 1. The third kappa shape index (κ3) is 5.71. The van der Waals surface area contributed by atoms with Gasteiger partial charge in [0.05, 0.1) is 38.9 Å². The Morgan fingerprint density at radius 2 is 1.62 bits per heavy atom. The van der Waals surface area contributed by atoms with Gasteiger partial charge in [-0.3, -0.25) is 4.79 Å². The van der Waals surface area contributed by atoms with Crippen molar-refractivity contribution in [3.63, 3.8) is 0 Å². The van der Waals surface area contributed by atoms with Crippen molar-refractivity contribution in [2.24, 2.45) is 0 Å². The number of hydrogen-bond acceptors (Lipinski definition) is 3. The molecule has 1 N–H and O–H groups in total. The molecule has 1 saturated heterocycles. The number of hydrogen-bond donors (Lipinski definition) is 1. The van der Waals surface area contributed by atoms with Gasteiger partial charge in [0.2, 0.25) is 0 Å². The lowest BCUT2D eigenvalue weighted by Crippen LogP contribution is -2.51. The SMILES string of the molecule is C[N+]1(CCNC(=O)c2cccc(-c3ccc(Oc4ccc(F)cc4)cc3)n2)CCCCC1. The van der Waals surface area contributed by atoms with Crippen LogP contribution in [0.2, 0.25) is 0 Å². The van der Waals surface area contributed by atoms with Gasteiger partial charge in [-0.05, 0) is 79.9 Å². The summed E-state index contributed by atoms with van der Waals surface area (Å²) in [6, 6.07) is 18.8. The molecule has 0 radical (unpaired) electrons. The van der Waals surface area contributed by atoms with E-state index in [1.807, 2.05) is 36.4 Å². The Morgan fingerprint density at radius 3 is 2.31 bits per heavy atom. The van der Waals surface area contributed by atoms with Gasteiger partial charge in [0, 0.05) is 5.56 Å². The Kier molecular flexibility index (Phi) is 6.81. The Labute approximate surface area is 188 Å². The number of pyridine rings is 1. The number of ether oxygens (including phenoxy) is 1. The molecule has 6 heteroatoms. The van der Waals surface area contributed by atoms with E-state index in [0.29, 0.717) is 23.7 Å². The van der Waals surface area contributed by atoms with Gasteiger partial charge in [0.1, 0.15) is 23.0 Å². The average molecular weight is 435 g/mol. The van der Waals surface area contributed by atoms with Crippen LogP contribution in [0.4, 0.5) is 4.39 Å². The number of nitrogens with zero attached hydrogens (tertiary/aromatic N) is 2. The first kappa shape index (κ1) is 22.0. The molecule has 0 bridgehead atoms. The van der Waals surface area contributed by atoms with Crippen molar-refractivity contribution in [1.29, 1.82) is 0 Å². The fourth-order valence-corrected chi connectivity index (χ4v) is 4.08. The van der Waals surface area contributed by atoms with Crippen molar-refractivity contribution in [3.8, 4) is 22.8 Å². The second-order valence-electron chi connectivity index (χ2n) is 8.60. The molecule has 2 heterocycles. The molecule has 1 fully saturated rings. The van der Waals surface area contributed by atoms with Gasteiger partial charge in [-0.2, -0.15) is 0 Å². The van der Waals surface area contributed by atoms with Gasteiger partial charge in [-0.25, -0.2) is 9.37 Å². The first-order valence-corrected chi connectivity index (χ1v) is 11.1. The summed E-state index contributed by atoms with van der Waals surface area (Å²) in [7, 11) is 2.27. The van der Waals surface area contributed by atoms with Crippen molar-refractivity contribution in [3.05, 3.63) is 78.2 Å². The van der Waals surface area contributed by atoms with E-state index in [4.69, 9.17) is 4.74 Å². The number of nitrogens with one attached hydrogen (secondary N) is 1. The van der Waals surface area contributed by atoms with E-state index in [1.54, 1.807) is 18.2 Å². The van der Waals surface area contributed by atoms with Gasteiger partial charge < -0.3 is 14.5 Å². The smallest absolute Gasteiger partial charge is 0.270 e. The Balaban J connectivity index is 1.36. The molecule has 0 spiro atoms. The fourth-order valence-electron chi connectivity index (χ4n) is 4.08. The topological polar surface area (TPSA) is 51.2 Å². The second kappa shape index (κ2) is 9.92. The third-order valence-corrected chi connectivity index (χ3v) is 6.01. The van der Waals surface area contributed by atoms with E-state index in [0.717, 1.165) is 22.3 Å². The number of quaternary nitrogens is 1. The van der Waals surface area contributed by atoms with Gasteiger partial charge in [0.15, 0.2) is 0 Å². The number of benzene rings is 2. The summed E-state index contributed by atoms with van der Waals surface area (Å²) in [5.41, 5.74) is 2.02. The van der Waals surface area contributed by atoms with E-state index >= 15 is 0 Å². The fraction of sp³-hybridized carbons (Fsp3) is 0.308. The third-order valence-electron chi connectivity index (χ3n) is 6.01. The zero-order chi connectivity index (χ0) is 22.4. The molecule has 0 atom stereocenters. The number of carbonyl (C=O) groups excluding carboxylic acids is 1. The molecular formula is C26H29FN3O2+. The molecule has 1 aromatic heterocycles. The highest BCUT2D eigenvalue weighted by atomic mass is 19.1. The lowest BCUT2D eigenvalue weighted by Gasteiger charge is -2.37. The summed E-state index contributed by atoms with van der Waals surface area (Å²) in [6.07, 6.45) is 3.85. The monoisotopic (exact) mass is 434 g/mol. The van der Waals surface area contributed by atoms with Crippen LogP contribution < -0.4 is 10.1 Å². The molecule has 1 aliphatic heterocycles. The van der Waals surface area contributed by atoms with Crippen molar-refractivity contribution in [1.82, 2.24) is 10.3 Å². The number of halogens is 1. The molecule has 1 amide bonds. The quantitative estimate of drug-likeness (QED) is 0.530. The first-order valence-electron chi connectivity index (χ1n) is 11.1. The molecule has 0 unspecified atom stereocenters. The summed E-state index contributed by atoms with van der Waals surface area (Å²) in [6.45, 7) is 3.96. The molecule has 3 aromatic rings. The molecule has 5 nitrogen and oxygen atoms in total. The summed E-state index contributed by atoms with van der Waals surface area (Å²) in [4.78, 5) is 17.2. The van der Waals surface area contributed by atoms with Crippen molar-refractivity contribution >= 4 is 5.91 Å². The van der Waals surface area contributed by atoms with E-state index in [-0.39, 0.29) is 11.7 Å². The molecule has 4 rings (SSSR count). The number of aromatic nitrogens is 1. The minimum atomic E-state index is -0.301. The highest BCUT2D eigenvalue weighted by Gasteiger charge is 2.24. The van der Waals surface area contributed by atoms with Crippen LogP contribution in [0, 0.1) is 5.82 Å². The normalized spacial score (nSPS) is 15.2. The Bertz CT molecular complexity index is 1050. The van der Waals surface area contributed by atoms with E-state index in [9.17, 15) is 9.18 Å². The summed E-state index contributed by atoms with van der Waals surface area (Å²) in [5.74, 6) is 0.761. The van der Waals surface area contributed by atoms with Crippen molar-refractivity contribution in [2.45, 2.75) is 19.3 Å². The Morgan fingerprint density at radius 1 is 0.969 bits per heavy atom. The van der Waals surface area contributed by atoms with Crippen LogP contribution in [0.3, 0.4) is 0 Å². The van der Waals surface area contributed by atoms with Crippen LogP contribution >= 0.6 is 0 Å². The second-order valence-corrected chi connectivity index (χ2v) is 8.60. The molecular weight excluding hydrogens is 405 g/mol. The molecule has 2 aromatic carbocycles. The average Bonchev–Trinajstić information content (AvgIpc) is 2.81. The van der Waals surface area contributed by atoms with Crippen LogP contribution in [0.5, 0.6) is 11.5 Å². The lowest BCUT2D eigenvalue weighted by atomic mass is 10.1. The van der Waals surface area contributed by atoms with Gasteiger partial charge in [-0.1, -0.05) is 6.07 Å². The zero-order valence-corrected chi connectivity index (χ0v) is 18.4. The highest BCUT2D eigenvalue weighted by molar-refractivity contribution is 5.92. The molecule has 32 heavy (non-hydrogen) atoms. The summed E-state index contributed by atoms with van der Waals surface area (Å²) < 4.78 is 19.8. The lowest BCUT2D eigenvalue weighted by molar-refractivity contribution is -0.912. The van der Waals surface area contributed by atoms with Gasteiger partial charge >= 0.3 is 0 Å². The standard InChI is InChI=1S/C26H28FN3O2/c1-30(17-3-2-4-18-30)19-16-28-26(31)25-7-5-6-24(29-25)20-8-12-22(13-9-20)32-23-14-10-21(27)11-15-23/h5-15H,2-4,16-19H2,1H3/p+1.